The van der Waals surface area contributed by atoms with Gasteiger partial charge in [0.2, 0.25) is 0 Å². The van der Waals surface area contributed by atoms with Crippen LogP contribution >= 0.6 is 0 Å². The first-order valence-corrected chi connectivity index (χ1v) is 5.15. The third kappa shape index (κ3) is 4.40. The van der Waals surface area contributed by atoms with Crippen LogP contribution in [0.2, 0.25) is 0 Å². The maximum absolute atomic E-state index is 9.84. The van der Waals surface area contributed by atoms with Gasteiger partial charge in [-0.2, -0.15) is 0 Å². The van der Waals surface area contributed by atoms with Crippen LogP contribution in [0, 0.1) is 11.3 Å². The van der Waals surface area contributed by atoms with Gasteiger partial charge in [-0.15, -0.1) is 0 Å². The van der Waals surface area contributed by atoms with E-state index < -0.39 is 12.2 Å². The summed E-state index contributed by atoms with van der Waals surface area (Å²) in [6.07, 6.45) is -0.593. The van der Waals surface area contributed by atoms with Crippen LogP contribution in [0.4, 0.5) is 0 Å². The Bertz CT molecular complexity index is 151. The molecule has 0 saturated heterocycles. The van der Waals surface area contributed by atoms with Crippen molar-refractivity contribution < 1.29 is 14.9 Å². The lowest BCUT2D eigenvalue weighted by atomic mass is 9.81. The quantitative estimate of drug-likeness (QED) is 0.712. The fourth-order valence-electron chi connectivity index (χ4n) is 1.30. The van der Waals surface area contributed by atoms with Crippen LogP contribution in [0.5, 0.6) is 0 Å². The second-order valence-electron chi connectivity index (χ2n) is 5.06. The second-order valence-corrected chi connectivity index (χ2v) is 5.06. The Labute approximate surface area is 87.1 Å². The number of aliphatic hydroxyl groups excluding tert-OH is 2. The van der Waals surface area contributed by atoms with Crippen molar-refractivity contribution in [3.05, 3.63) is 0 Å². The van der Waals surface area contributed by atoms with Crippen LogP contribution in [-0.4, -0.2) is 36.1 Å². The van der Waals surface area contributed by atoms with Crippen molar-refractivity contribution in [3.63, 3.8) is 0 Å². The largest absolute Gasteiger partial charge is 0.390 e. The van der Waals surface area contributed by atoms with Crippen LogP contribution in [0.1, 0.15) is 34.1 Å². The van der Waals surface area contributed by atoms with Gasteiger partial charge in [-0.3, -0.25) is 0 Å². The topological polar surface area (TPSA) is 49.7 Å². The average Bonchev–Trinajstić information content (AvgIpc) is 2.10. The number of rotatable bonds is 5. The Hall–Kier alpha value is -0.120. The molecule has 0 aliphatic rings. The molecule has 86 valence electrons. The third-order valence-electron chi connectivity index (χ3n) is 2.57. The lowest BCUT2D eigenvalue weighted by Crippen LogP contribution is -2.41. The van der Waals surface area contributed by atoms with E-state index in [0.717, 1.165) is 6.42 Å². The van der Waals surface area contributed by atoms with Crippen molar-refractivity contribution in [2.75, 3.05) is 13.7 Å². The number of hydrogen-bond donors (Lipinski definition) is 2. The van der Waals surface area contributed by atoms with Gasteiger partial charge < -0.3 is 14.9 Å². The van der Waals surface area contributed by atoms with E-state index in [1.165, 1.54) is 0 Å². The Morgan fingerprint density at radius 3 is 2.07 bits per heavy atom. The molecule has 0 radical (unpaired) electrons. The highest BCUT2D eigenvalue weighted by Gasteiger charge is 2.32. The fourth-order valence-corrected chi connectivity index (χ4v) is 1.30. The molecule has 3 unspecified atom stereocenters. The van der Waals surface area contributed by atoms with Crippen molar-refractivity contribution in [1.29, 1.82) is 0 Å². The van der Waals surface area contributed by atoms with Crippen molar-refractivity contribution in [3.8, 4) is 0 Å². The Morgan fingerprint density at radius 2 is 1.71 bits per heavy atom. The highest BCUT2D eigenvalue weighted by molar-refractivity contribution is 4.82. The Morgan fingerprint density at radius 1 is 1.21 bits per heavy atom. The van der Waals surface area contributed by atoms with E-state index in [1.807, 2.05) is 27.7 Å². The van der Waals surface area contributed by atoms with Crippen LogP contribution in [-0.2, 0) is 4.74 Å². The minimum absolute atomic E-state index is 0.0594. The molecule has 0 fully saturated rings. The molecule has 0 aromatic rings. The molecule has 2 N–H and O–H groups in total. The SMILES string of the molecule is COCCC(C)C(O)C(O)C(C)(C)C. The van der Waals surface area contributed by atoms with Crippen LogP contribution in [0.3, 0.4) is 0 Å². The highest BCUT2D eigenvalue weighted by atomic mass is 16.5. The van der Waals surface area contributed by atoms with Gasteiger partial charge in [-0.1, -0.05) is 27.7 Å². The van der Waals surface area contributed by atoms with Crippen molar-refractivity contribution >= 4 is 0 Å². The molecule has 0 bridgehead atoms. The van der Waals surface area contributed by atoms with Gasteiger partial charge in [-0.25, -0.2) is 0 Å². The Kier molecular flexibility index (Phi) is 5.64. The molecule has 0 aromatic carbocycles. The van der Waals surface area contributed by atoms with Gasteiger partial charge >= 0.3 is 0 Å². The lowest BCUT2D eigenvalue weighted by molar-refractivity contribution is -0.0712. The van der Waals surface area contributed by atoms with E-state index >= 15 is 0 Å². The molecule has 0 aliphatic carbocycles. The molecule has 3 nitrogen and oxygen atoms in total. The molecule has 0 amide bonds. The minimum atomic E-state index is -0.686. The predicted molar refractivity (Wildman–Crippen MR) is 57.1 cm³/mol. The van der Waals surface area contributed by atoms with Crippen LogP contribution in [0.25, 0.3) is 0 Å². The van der Waals surface area contributed by atoms with Gasteiger partial charge in [-0.05, 0) is 17.8 Å². The van der Waals surface area contributed by atoms with E-state index in [2.05, 4.69) is 0 Å². The molecule has 0 aromatic heterocycles. The summed E-state index contributed by atoms with van der Waals surface area (Å²) in [6.45, 7) is 8.31. The maximum atomic E-state index is 9.84. The molecule has 0 spiro atoms. The standard InChI is InChI=1S/C11H24O3/c1-8(6-7-14-5)9(12)10(13)11(2,3)4/h8-10,12-13H,6-7H2,1-5H3. The first-order chi connectivity index (χ1) is 6.30. The zero-order chi connectivity index (χ0) is 11.4. The van der Waals surface area contributed by atoms with Gasteiger partial charge in [0.05, 0.1) is 12.2 Å². The maximum Gasteiger partial charge on any atom is 0.0849 e. The van der Waals surface area contributed by atoms with E-state index in [0.29, 0.717) is 6.61 Å². The van der Waals surface area contributed by atoms with Gasteiger partial charge in [0, 0.05) is 13.7 Å². The minimum Gasteiger partial charge on any atom is -0.390 e. The first kappa shape index (κ1) is 13.9. The zero-order valence-electron chi connectivity index (χ0n) is 9.95. The van der Waals surface area contributed by atoms with Crippen molar-refractivity contribution in [2.24, 2.45) is 11.3 Å². The second kappa shape index (κ2) is 5.69. The fraction of sp³-hybridized carbons (Fsp3) is 1.00. The summed E-state index contributed by atoms with van der Waals surface area (Å²) < 4.78 is 4.94. The smallest absolute Gasteiger partial charge is 0.0849 e. The predicted octanol–water partition coefficient (Wildman–Crippen LogP) is 1.43. The number of hydrogen-bond acceptors (Lipinski definition) is 3. The summed E-state index contributed by atoms with van der Waals surface area (Å²) in [5.74, 6) is 0.0594. The average molecular weight is 204 g/mol. The Balaban J connectivity index is 4.10. The van der Waals surface area contributed by atoms with E-state index in [4.69, 9.17) is 4.74 Å². The first-order valence-electron chi connectivity index (χ1n) is 5.15. The highest BCUT2D eigenvalue weighted by Crippen LogP contribution is 2.26. The monoisotopic (exact) mass is 204 g/mol. The molecule has 0 aliphatic heterocycles. The molecule has 14 heavy (non-hydrogen) atoms. The molecular weight excluding hydrogens is 180 g/mol. The lowest BCUT2D eigenvalue weighted by Gasteiger charge is -2.33. The molecule has 3 atom stereocenters. The normalized spacial score (nSPS) is 19.1. The molecule has 0 heterocycles. The molecule has 0 saturated carbocycles. The van der Waals surface area contributed by atoms with Crippen molar-refractivity contribution in [2.45, 2.75) is 46.3 Å². The molecular formula is C11H24O3. The zero-order valence-corrected chi connectivity index (χ0v) is 9.95. The van der Waals surface area contributed by atoms with E-state index in [9.17, 15) is 10.2 Å². The summed E-state index contributed by atoms with van der Waals surface area (Å²) in [5, 5.41) is 19.7. The van der Waals surface area contributed by atoms with E-state index in [1.54, 1.807) is 7.11 Å². The van der Waals surface area contributed by atoms with Crippen LogP contribution in [0.15, 0.2) is 0 Å². The molecule has 3 heteroatoms. The van der Waals surface area contributed by atoms with Crippen molar-refractivity contribution in [1.82, 2.24) is 0 Å². The number of methoxy groups -OCH3 is 1. The number of ether oxygens (including phenoxy) is 1. The van der Waals surface area contributed by atoms with E-state index in [-0.39, 0.29) is 11.3 Å². The van der Waals surface area contributed by atoms with Gasteiger partial charge in [0.25, 0.3) is 0 Å². The summed E-state index contributed by atoms with van der Waals surface area (Å²) in [7, 11) is 1.64. The molecule has 0 rings (SSSR count). The van der Waals surface area contributed by atoms with Gasteiger partial charge in [0.15, 0.2) is 0 Å². The van der Waals surface area contributed by atoms with Gasteiger partial charge in [0.1, 0.15) is 0 Å². The summed E-state index contributed by atoms with van der Waals surface area (Å²) in [4.78, 5) is 0. The summed E-state index contributed by atoms with van der Waals surface area (Å²) >= 11 is 0. The number of aliphatic hydroxyl groups is 2. The van der Waals surface area contributed by atoms with Crippen LogP contribution < -0.4 is 0 Å². The summed E-state index contributed by atoms with van der Waals surface area (Å²) in [5.41, 5.74) is -0.277. The third-order valence-corrected chi connectivity index (χ3v) is 2.57. The summed E-state index contributed by atoms with van der Waals surface area (Å²) in [6, 6.07) is 0.